The van der Waals surface area contributed by atoms with E-state index in [4.69, 9.17) is 9.52 Å². The molecule has 0 spiro atoms. The average Bonchev–Trinajstić information content (AvgIpc) is 2.81. The molecule has 100 valence electrons. The Morgan fingerprint density at radius 1 is 1.32 bits per heavy atom. The Balaban J connectivity index is 2.08. The van der Waals surface area contributed by atoms with E-state index in [0.717, 1.165) is 5.39 Å². The normalized spacial score (nSPS) is 10.6. The molecule has 0 saturated heterocycles. The van der Waals surface area contributed by atoms with Crippen LogP contribution in [0.15, 0.2) is 34.9 Å². The molecule has 0 aliphatic rings. The van der Waals surface area contributed by atoms with E-state index in [-0.39, 0.29) is 12.3 Å². The van der Waals surface area contributed by atoms with Crippen LogP contribution in [0.25, 0.3) is 11.0 Å². The van der Waals surface area contributed by atoms with Crippen molar-refractivity contribution in [1.29, 1.82) is 0 Å². The highest BCUT2D eigenvalue weighted by Crippen LogP contribution is 2.21. The molecule has 5 nitrogen and oxygen atoms in total. The van der Waals surface area contributed by atoms with Crippen molar-refractivity contribution in [3.8, 4) is 0 Å². The third kappa shape index (κ3) is 2.93. The van der Waals surface area contributed by atoms with Crippen LogP contribution in [0.5, 0.6) is 0 Å². The maximum atomic E-state index is 12.2. The SMILES string of the molecule is CN(CCCC(=O)O)C(=O)c1coc2ccccc12. The molecule has 1 aromatic heterocycles. The van der Waals surface area contributed by atoms with Gasteiger partial charge in [0.1, 0.15) is 11.8 Å². The highest BCUT2D eigenvalue weighted by atomic mass is 16.4. The minimum absolute atomic E-state index is 0.0593. The number of hydrogen-bond acceptors (Lipinski definition) is 3. The molecule has 1 heterocycles. The molecule has 0 bridgehead atoms. The second kappa shape index (κ2) is 5.56. The summed E-state index contributed by atoms with van der Waals surface area (Å²) in [5.41, 5.74) is 1.18. The molecular weight excluding hydrogens is 246 g/mol. The quantitative estimate of drug-likeness (QED) is 0.897. The average molecular weight is 261 g/mol. The van der Waals surface area contributed by atoms with E-state index in [1.807, 2.05) is 18.2 Å². The fourth-order valence-electron chi connectivity index (χ4n) is 1.92. The third-order valence-electron chi connectivity index (χ3n) is 2.94. The molecule has 5 heteroatoms. The molecule has 0 unspecified atom stereocenters. The number of amides is 1. The first-order valence-corrected chi connectivity index (χ1v) is 6.03. The number of aliphatic carboxylic acids is 1. The van der Waals surface area contributed by atoms with E-state index < -0.39 is 5.97 Å². The van der Waals surface area contributed by atoms with Crippen LogP contribution < -0.4 is 0 Å². The second-order valence-corrected chi connectivity index (χ2v) is 4.37. The van der Waals surface area contributed by atoms with Crippen LogP contribution in [0.2, 0.25) is 0 Å². The van der Waals surface area contributed by atoms with Gasteiger partial charge < -0.3 is 14.4 Å². The molecule has 1 N–H and O–H groups in total. The zero-order chi connectivity index (χ0) is 13.8. The summed E-state index contributed by atoms with van der Waals surface area (Å²) in [6.07, 6.45) is 1.94. The second-order valence-electron chi connectivity index (χ2n) is 4.37. The molecule has 0 atom stereocenters. The third-order valence-corrected chi connectivity index (χ3v) is 2.94. The van der Waals surface area contributed by atoms with E-state index >= 15 is 0 Å². The number of benzene rings is 1. The van der Waals surface area contributed by atoms with Crippen LogP contribution in [-0.4, -0.2) is 35.5 Å². The maximum Gasteiger partial charge on any atom is 0.303 e. The van der Waals surface area contributed by atoms with Crippen molar-refractivity contribution in [3.05, 3.63) is 36.1 Å². The minimum atomic E-state index is -0.852. The Morgan fingerprint density at radius 2 is 2.05 bits per heavy atom. The van der Waals surface area contributed by atoms with Gasteiger partial charge in [-0.05, 0) is 12.5 Å². The Hall–Kier alpha value is -2.30. The lowest BCUT2D eigenvalue weighted by molar-refractivity contribution is -0.137. The van der Waals surface area contributed by atoms with E-state index in [0.29, 0.717) is 24.1 Å². The van der Waals surface area contributed by atoms with Crippen molar-refractivity contribution >= 4 is 22.8 Å². The maximum absolute atomic E-state index is 12.2. The molecule has 1 aromatic carbocycles. The number of carboxylic acids is 1. The van der Waals surface area contributed by atoms with E-state index in [1.54, 1.807) is 13.1 Å². The topological polar surface area (TPSA) is 70.8 Å². The zero-order valence-electron chi connectivity index (χ0n) is 10.6. The van der Waals surface area contributed by atoms with Crippen LogP contribution in [0.3, 0.4) is 0 Å². The Labute approximate surface area is 110 Å². The lowest BCUT2D eigenvalue weighted by Crippen LogP contribution is -2.27. The molecule has 0 aliphatic heterocycles. The number of carbonyl (C=O) groups is 2. The predicted molar refractivity (Wildman–Crippen MR) is 70.0 cm³/mol. The number of para-hydroxylation sites is 1. The van der Waals surface area contributed by atoms with E-state index in [1.165, 1.54) is 11.2 Å². The van der Waals surface area contributed by atoms with Crippen LogP contribution >= 0.6 is 0 Å². The van der Waals surface area contributed by atoms with Gasteiger partial charge in [0.25, 0.3) is 5.91 Å². The summed E-state index contributed by atoms with van der Waals surface area (Å²) in [5.74, 6) is -1.01. The van der Waals surface area contributed by atoms with Gasteiger partial charge in [-0.1, -0.05) is 18.2 Å². The van der Waals surface area contributed by atoms with E-state index in [9.17, 15) is 9.59 Å². The van der Waals surface area contributed by atoms with Gasteiger partial charge in [-0.2, -0.15) is 0 Å². The first-order chi connectivity index (χ1) is 9.09. The number of fused-ring (bicyclic) bond motifs is 1. The Bertz CT molecular complexity index is 602. The van der Waals surface area contributed by atoms with Crippen molar-refractivity contribution < 1.29 is 19.1 Å². The number of carbonyl (C=O) groups excluding carboxylic acids is 1. The first kappa shape index (κ1) is 13.1. The summed E-state index contributed by atoms with van der Waals surface area (Å²) in [7, 11) is 1.66. The molecule has 2 aromatic rings. The van der Waals surface area contributed by atoms with Crippen LogP contribution in [0.4, 0.5) is 0 Å². The summed E-state index contributed by atoms with van der Waals surface area (Å²) in [5, 5.41) is 9.35. The van der Waals surface area contributed by atoms with Gasteiger partial charge in [0.05, 0.1) is 5.56 Å². The number of furan rings is 1. The fourth-order valence-corrected chi connectivity index (χ4v) is 1.92. The van der Waals surface area contributed by atoms with Crippen molar-refractivity contribution in [2.75, 3.05) is 13.6 Å². The van der Waals surface area contributed by atoms with Crippen LogP contribution in [0.1, 0.15) is 23.2 Å². The molecule has 0 aliphatic carbocycles. The lowest BCUT2D eigenvalue weighted by Gasteiger charge is -2.15. The van der Waals surface area contributed by atoms with Gasteiger partial charge in [-0.3, -0.25) is 9.59 Å². The highest BCUT2D eigenvalue weighted by molar-refractivity contribution is 6.05. The Morgan fingerprint density at radius 3 is 2.79 bits per heavy atom. The fraction of sp³-hybridized carbons (Fsp3) is 0.286. The smallest absolute Gasteiger partial charge is 0.303 e. The van der Waals surface area contributed by atoms with Crippen molar-refractivity contribution in [3.63, 3.8) is 0 Å². The summed E-state index contributed by atoms with van der Waals surface area (Å²) >= 11 is 0. The summed E-state index contributed by atoms with van der Waals surface area (Å²) < 4.78 is 5.32. The van der Waals surface area contributed by atoms with Crippen LogP contribution in [0, 0.1) is 0 Å². The van der Waals surface area contributed by atoms with Crippen molar-refractivity contribution in [2.45, 2.75) is 12.8 Å². The number of carboxylic acid groups (broad SMARTS) is 1. The van der Waals surface area contributed by atoms with Gasteiger partial charge in [-0.25, -0.2) is 0 Å². The van der Waals surface area contributed by atoms with Gasteiger partial charge >= 0.3 is 5.97 Å². The van der Waals surface area contributed by atoms with Crippen molar-refractivity contribution in [1.82, 2.24) is 4.90 Å². The number of nitrogens with zero attached hydrogens (tertiary/aromatic N) is 1. The van der Waals surface area contributed by atoms with Gasteiger partial charge in [0, 0.05) is 25.4 Å². The largest absolute Gasteiger partial charge is 0.481 e. The molecule has 2 rings (SSSR count). The van der Waals surface area contributed by atoms with Gasteiger partial charge in [-0.15, -0.1) is 0 Å². The standard InChI is InChI=1S/C14H15NO4/c1-15(8-4-7-13(16)17)14(18)11-9-19-12-6-3-2-5-10(11)12/h2-3,5-6,9H,4,7-8H2,1H3,(H,16,17). The molecule has 0 fully saturated rings. The predicted octanol–water partition coefficient (Wildman–Crippen LogP) is 2.37. The zero-order valence-corrected chi connectivity index (χ0v) is 10.6. The van der Waals surface area contributed by atoms with Crippen molar-refractivity contribution in [2.24, 2.45) is 0 Å². The van der Waals surface area contributed by atoms with Gasteiger partial charge in [0.2, 0.25) is 0 Å². The number of rotatable bonds is 5. The molecule has 0 radical (unpaired) electrons. The first-order valence-electron chi connectivity index (χ1n) is 6.03. The molecule has 1 amide bonds. The molecule has 0 saturated carbocycles. The highest BCUT2D eigenvalue weighted by Gasteiger charge is 2.17. The summed E-state index contributed by atoms with van der Waals surface area (Å²) in [6, 6.07) is 7.32. The summed E-state index contributed by atoms with van der Waals surface area (Å²) in [4.78, 5) is 24.2. The lowest BCUT2D eigenvalue weighted by atomic mass is 10.1. The molecular formula is C14H15NO4. The number of hydrogen-bond donors (Lipinski definition) is 1. The Kier molecular flexibility index (Phi) is 3.85. The van der Waals surface area contributed by atoms with Gasteiger partial charge in [0.15, 0.2) is 0 Å². The van der Waals surface area contributed by atoms with Crippen LogP contribution in [-0.2, 0) is 4.79 Å². The van der Waals surface area contributed by atoms with E-state index in [2.05, 4.69) is 0 Å². The monoisotopic (exact) mass is 261 g/mol. The summed E-state index contributed by atoms with van der Waals surface area (Å²) in [6.45, 7) is 0.407. The minimum Gasteiger partial charge on any atom is -0.481 e. The molecule has 19 heavy (non-hydrogen) atoms.